The summed E-state index contributed by atoms with van der Waals surface area (Å²) < 4.78 is 9.90. The normalized spacial score (nSPS) is 19.8. The molecule has 3 rings (SSSR count). The Labute approximate surface area is 225 Å². The maximum atomic E-state index is 13.7. The van der Waals surface area contributed by atoms with Crippen molar-refractivity contribution in [3.63, 3.8) is 0 Å². The summed E-state index contributed by atoms with van der Waals surface area (Å²) in [7, 11) is 1.73. The number of phenols is 1. The Morgan fingerprint density at radius 3 is 2.17 bits per heavy atom. The molecule has 5 nitrogen and oxygen atoms in total. The van der Waals surface area contributed by atoms with Crippen LogP contribution in [0.2, 0.25) is 0 Å². The van der Waals surface area contributed by atoms with Gasteiger partial charge in [0.1, 0.15) is 11.6 Å². The lowest BCUT2D eigenvalue weighted by Crippen LogP contribution is -2.33. The number of benzene rings is 2. The number of halogens is 1. The lowest BCUT2D eigenvalue weighted by molar-refractivity contribution is 0.0961. The SMILES string of the molecule is COCC[C@H]1CN(CC(=O)c2cc(C(C)(C)C)c(O)c(C(C)(C)C)c2)/C(=N\Br)[C@@H]1Cc1ccccc1. The standard InChI is InChI=1S/C30H41BrN2O3/c1-29(2,3)24-16-22(17-25(27(24)35)30(4,5)6)26(34)19-33-18-21(13-14-36-7)23(28(33)32-31)15-20-11-9-8-10-12-20/h8-12,16-17,21,23,35H,13-15,18-19H2,1-7H3/b32-28-/t21-,23+/m0/s1. The van der Waals surface area contributed by atoms with Crippen LogP contribution in [0.15, 0.2) is 46.5 Å². The minimum absolute atomic E-state index is 0.0329. The average molecular weight is 558 g/mol. The van der Waals surface area contributed by atoms with Gasteiger partial charge in [-0.3, -0.25) is 4.79 Å². The summed E-state index contributed by atoms with van der Waals surface area (Å²) in [5.74, 6) is 1.77. The van der Waals surface area contributed by atoms with Crippen LogP contribution in [-0.4, -0.2) is 48.4 Å². The molecule has 1 saturated heterocycles. The molecule has 2 aromatic rings. The zero-order valence-corrected chi connectivity index (χ0v) is 24.4. The highest BCUT2D eigenvalue weighted by Crippen LogP contribution is 2.40. The molecule has 6 heteroatoms. The molecular weight excluding hydrogens is 516 g/mol. The first-order valence-electron chi connectivity index (χ1n) is 12.7. The Morgan fingerprint density at radius 1 is 1.08 bits per heavy atom. The number of hydrogen-bond donors (Lipinski definition) is 1. The van der Waals surface area contributed by atoms with Crippen LogP contribution in [0.3, 0.4) is 0 Å². The van der Waals surface area contributed by atoms with E-state index in [2.05, 4.69) is 90.9 Å². The Bertz CT molecular complexity index is 1050. The minimum Gasteiger partial charge on any atom is -0.507 e. The Kier molecular flexibility index (Phi) is 9.05. The van der Waals surface area contributed by atoms with Crippen LogP contribution in [0, 0.1) is 11.8 Å². The summed E-state index contributed by atoms with van der Waals surface area (Å²) in [6.07, 6.45) is 1.78. The predicted octanol–water partition coefficient (Wildman–Crippen LogP) is 6.71. The van der Waals surface area contributed by atoms with Gasteiger partial charge in [0.05, 0.1) is 22.7 Å². The van der Waals surface area contributed by atoms with E-state index in [0.717, 1.165) is 36.3 Å². The number of ether oxygens (including phenoxy) is 1. The van der Waals surface area contributed by atoms with Crippen LogP contribution in [0.25, 0.3) is 0 Å². The molecular formula is C30H41BrN2O3. The molecule has 1 heterocycles. The van der Waals surface area contributed by atoms with E-state index >= 15 is 0 Å². The van der Waals surface area contributed by atoms with Gasteiger partial charge in [-0.05, 0) is 47.3 Å². The van der Waals surface area contributed by atoms with E-state index in [4.69, 9.17) is 4.74 Å². The van der Waals surface area contributed by atoms with Gasteiger partial charge in [-0.25, -0.2) is 0 Å². The number of aromatic hydroxyl groups is 1. The molecule has 0 saturated carbocycles. The smallest absolute Gasteiger partial charge is 0.182 e. The zero-order chi connectivity index (χ0) is 26.7. The Balaban J connectivity index is 1.92. The van der Waals surface area contributed by atoms with Gasteiger partial charge in [0.15, 0.2) is 5.78 Å². The van der Waals surface area contributed by atoms with Gasteiger partial charge in [-0.2, -0.15) is 4.02 Å². The third-order valence-corrected chi connectivity index (χ3v) is 7.50. The number of methoxy groups -OCH3 is 1. The quantitative estimate of drug-likeness (QED) is 0.367. The lowest BCUT2D eigenvalue weighted by Gasteiger charge is -2.28. The fourth-order valence-electron chi connectivity index (χ4n) is 5.10. The molecule has 36 heavy (non-hydrogen) atoms. The van der Waals surface area contributed by atoms with Crippen molar-refractivity contribution in [1.82, 2.24) is 4.90 Å². The second kappa shape index (κ2) is 11.5. The number of ketones is 1. The van der Waals surface area contributed by atoms with Crippen LogP contribution in [0.4, 0.5) is 0 Å². The Morgan fingerprint density at radius 2 is 1.67 bits per heavy atom. The first-order chi connectivity index (χ1) is 16.9. The minimum atomic E-state index is -0.289. The van der Waals surface area contributed by atoms with Gasteiger partial charge in [-0.1, -0.05) is 71.9 Å². The zero-order valence-electron chi connectivity index (χ0n) is 22.8. The highest BCUT2D eigenvalue weighted by Gasteiger charge is 2.39. The van der Waals surface area contributed by atoms with Crippen molar-refractivity contribution in [2.45, 2.75) is 65.2 Å². The highest BCUT2D eigenvalue weighted by atomic mass is 79.9. The number of carbonyl (C=O) groups excluding carboxylic acids is 1. The number of amidine groups is 1. The van der Waals surface area contributed by atoms with E-state index in [1.807, 2.05) is 18.2 Å². The second-order valence-electron chi connectivity index (χ2n) is 12.0. The third-order valence-electron chi connectivity index (χ3n) is 7.14. The fourth-order valence-corrected chi connectivity index (χ4v) is 5.59. The molecule has 2 aromatic carbocycles. The van der Waals surface area contributed by atoms with E-state index in [9.17, 15) is 9.90 Å². The summed E-state index contributed by atoms with van der Waals surface area (Å²) in [4.78, 5) is 15.8. The molecule has 2 atom stereocenters. The summed E-state index contributed by atoms with van der Waals surface area (Å²) in [5, 5.41) is 11.1. The summed E-state index contributed by atoms with van der Waals surface area (Å²) >= 11 is 3.37. The van der Waals surface area contributed by atoms with E-state index in [0.29, 0.717) is 18.1 Å². The van der Waals surface area contributed by atoms with Crippen molar-refractivity contribution in [2.75, 3.05) is 26.8 Å². The number of Topliss-reactive ketones (excluding diaryl/α,β-unsaturated/α-hetero) is 1. The van der Waals surface area contributed by atoms with Crippen LogP contribution in [0.1, 0.15) is 75.0 Å². The molecule has 0 unspecified atom stereocenters. The largest absolute Gasteiger partial charge is 0.507 e. The first-order valence-corrected chi connectivity index (χ1v) is 13.5. The van der Waals surface area contributed by atoms with Crippen molar-refractivity contribution in [2.24, 2.45) is 15.9 Å². The second-order valence-corrected chi connectivity index (χ2v) is 12.4. The average Bonchev–Trinajstić information content (AvgIpc) is 3.12. The van der Waals surface area contributed by atoms with E-state index in [-0.39, 0.29) is 34.8 Å². The van der Waals surface area contributed by atoms with Gasteiger partial charge in [0.25, 0.3) is 0 Å². The Hall–Kier alpha value is -2.18. The van der Waals surface area contributed by atoms with Crippen LogP contribution in [0.5, 0.6) is 5.75 Å². The molecule has 196 valence electrons. The fraction of sp³-hybridized carbons (Fsp3) is 0.533. The van der Waals surface area contributed by atoms with Crippen molar-refractivity contribution in [3.8, 4) is 5.75 Å². The summed E-state index contributed by atoms with van der Waals surface area (Å²) in [5.41, 5.74) is 2.92. The van der Waals surface area contributed by atoms with Crippen LogP contribution in [-0.2, 0) is 22.0 Å². The molecule has 0 aliphatic carbocycles. The number of nitrogens with zero attached hydrogens (tertiary/aromatic N) is 2. The van der Waals surface area contributed by atoms with E-state index in [1.165, 1.54) is 5.56 Å². The third kappa shape index (κ3) is 6.57. The molecule has 0 amide bonds. The highest BCUT2D eigenvalue weighted by molar-refractivity contribution is 9.08. The van der Waals surface area contributed by atoms with Crippen LogP contribution >= 0.6 is 16.1 Å². The summed E-state index contributed by atoms with van der Waals surface area (Å²) in [6.45, 7) is 14.1. The van der Waals surface area contributed by atoms with Gasteiger partial charge >= 0.3 is 0 Å². The summed E-state index contributed by atoms with van der Waals surface area (Å²) in [6, 6.07) is 14.2. The molecule has 0 aromatic heterocycles. The maximum Gasteiger partial charge on any atom is 0.182 e. The van der Waals surface area contributed by atoms with Gasteiger partial charge in [0, 0.05) is 42.9 Å². The predicted molar refractivity (Wildman–Crippen MR) is 151 cm³/mol. The number of rotatable bonds is 8. The van der Waals surface area contributed by atoms with Crippen molar-refractivity contribution in [3.05, 3.63) is 64.7 Å². The molecule has 1 aliphatic rings. The number of phenolic OH excluding ortho intramolecular Hbond substituents is 1. The molecule has 0 radical (unpaired) electrons. The molecule has 0 spiro atoms. The maximum absolute atomic E-state index is 13.7. The monoisotopic (exact) mass is 556 g/mol. The van der Waals surface area contributed by atoms with Crippen LogP contribution < -0.4 is 0 Å². The molecule has 1 N–H and O–H groups in total. The van der Waals surface area contributed by atoms with Gasteiger partial charge in [-0.15, -0.1) is 0 Å². The molecule has 1 aliphatic heterocycles. The van der Waals surface area contributed by atoms with E-state index < -0.39 is 0 Å². The number of hydrogen-bond acceptors (Lipinski definition) is 4. The molecule has 0 bridgehead atoms. The topological polar surface area (TPSA) is 62.1 Å². The van der Waals surface area contributed by atoms with Crippen molar-refractivity contribution < 1.29 is 14.6 Å². The van der Waals surface area contributed by atoms with E-state index in [1.54, 1.807) is 7.11 Å². The number of likely N-dealkylation sites (tertiary alicyclic amines) is 1. The van der Waals surface area contributed by atoms with Crippen molar-refractivity contribution >= 4 is 27.8 Å². The number of carbonyl (C=O) groups is 1. The first kappa shape index (κ1) is 28.4. The van der Waals surface area contributed by atoms with Gasteiger partial charge < -0.3 is 14.7 Å². The van der Waals surface area contributed by atoms with Gasteiger partial charge in [0.2, 0.25) is 0 Å². The molecule has 1 fully saturated rings. The van der Waals surface area contributed by atoms with Crippen molar-refractivity contribution in [1.29, 1.82) is 0 Å². The lowest BCUT2D eigenvalue weighted by atomic mass is 9.78.